The predicted molar refractivity (Wildman–Crippen MR) is 74.0 cm³/mol. The van der Waals surface area contributed by atoms with Gasteiger partial charge in [-0.1, -0.05) is 25.3 Å². The number of carboxylic acids is 1. The minimum Gasteiger partial charge on any atom is -0.480 e. The van der Waals surface area contributed by atoms with Crippen molar-refractivity contribution >= 4 is 12.0 Å². The van der Waals surface area contributed by atoms with Crippen LogP contribution >= 0.6 is 0 Å². The van der Waals surface area contributed by atoms with Crippen LogP contribution in [0.15, 0.2) is 12.7 Å². The molecule has 1 atom stereocenters. The summed E-state index contributed by atoms with van der Waals surface area (Å²) in [5.74, 6) is -0.882. The van der Waals surface area contributed by atoms with Gasteiger partial charge in [-0.25, -0.2) is 9.59 Å². The van der Waals surface area contributed by atoms with E-state index in [-0.39, 0.29) is 11.9 Å². The van der Waals surface area contributed by atoms with Gasteiger partial charge >= 0.3 is 12.0 Å². The van der Waals surface area contributed by atoms with Crippen LogP contribution in [0.1, 0.15) is 39.0 Å². The van der Waals surface area contributed by atoms with Crippen molar-refractivity contribution < 1.29 is 14.7 Å². The molecule has 108 valence electrons. The number of rotatable bonds is 6. The molecule has 1 rings (SSSR count). The Hall–Kier alpha value is -1.52. The molecule has 0 bridgehead atoms. The van der Waals surface area contributed by atoms with Gasteiger partial charge < -0.3 is 15.3 Å². The first kappa shape index (κ1) is 15.5. The van der Waals surface area contributed by atoms with Crippen LogP contribution in [0.5, 0.6) is 0 Å². The van der Waals surface area contributed by atoms with E-state index in [9.17, 15) is 14.7 Å². The predicted octanol–water partition coefficient (Wildman–Crippen LogP) is 2.24. The van der Waals surface area contributed by atoms with Crippen LogP contribution in [0.4, 0.5) is 4.79 Å². The molecule has 1 aliphatic carbocycles. The van der Waals surface area contributed by atoms with E-state index in [1.807, 2.05) is 6.92 Å². The summed E-state index contributed by atoms with van der Waals surface area (Å²) >= 11 is 0. The fourth-order valence-corrected chi connectivity index (χ4v) is 2.58. The molecule has 1 unspecified atom stereocenters. The topological polar surface area (TPSA) is 69.6 Å². The second-order valence-corrected chi connectivity index (χ2v) is 4.99. The van der Waals surface area contributed by atoms with E-state index in [1.165, 1.54) is 0 Å². The van der Waals surface area contributed by atoms with E-state index in [2.05, 4.69) is 11.9 Å². The zero-order valence-electron chi connectivity index (χ0n) is 11.6. The Kier molecular flexibility index (Phi) is 6.39. The number of hydrogen-bond donors (Lipinski definition) is 2. The molecule has 0 aliphatic heterocycles. The zero-order valence-corrected chi connectivity index (χ0v) is 11.6. The number of amides is 2. The van der Waals surface area contributed by atoms with Gasteiger partial charge in [0.25, 0.3) is 0 Å². The molecule has 5 heteroatoms. The van der Waals surface area contributed by atoms with Crippen LogP contribution in [0.3, 0.4) is 0 Å². The monoisotopic (exact) mass is 268 g/mol. The van der Waals surface area contributed by atoms with Crippen molar-refractivity contribution in [3.8, 4) is 0 Å². The Morgan fingerprint density at radius 2 is 2.05 bits per heavy atom. The van der Waals surface area contributed by atoms with Crippen LogP contribution in [0.2, 0.25) is 0 Å². The Morgan fingerprint density at radius 1 is 1.42 bits per heavy atom. The Labute approximate surface area is 114 Å². The first-order valence-electron chi connectivity index (χ1n) is 6.99. The molecule has 0 radical (unpaired) electrons. The van der Waals surface area contributed by atoms with Gasteiger partial charge in [-0.3, -0.25) is 0 Å². The van der Waals surface area contributed by atoms with E-state index >= 15 is 0 Å². The van der Waals surface area contributed by atoms with Gasteiger partial charge in [-0.2, -0.15) is 0 Å². The lowest BCUT2D eigenvalue weighted by Crippen LogP contribution is -2.51. The zero-order chi connectivity index (χ0) is 14.3. The first-order valence-corrected chi connectivity index (χ1v) is 6.99. The number of carboxylic acid groups (broad SMARTS) is 1. The van der Waals surface area contributed by atoms with Gasteiger partial charge in [0.15, 0.2) is 0 Å². The minimum atomic E-state index is -0.935. The molecular formula is C14H24N2O3. The molecule has 0 aromatic carbocycles. The van der Waals surface area contributed by atoms with Gasteiger partial charge in [0.05, 0.1) is 0 Å². The smallest absolute Gasteiger partial charge is 0.326 e. The van der Waals surface area contributed by atoms with Crippen molar-refractivity contribution in [1.82, 2.24) is 10.2 Å². The molecule has 0 spiro atoms. The summed E-state index contributed by atoms with van der Waals surface area (Å²) in [7, 11) is 0. The van der Waals surface area contributed by atoms with Gasteiger partial charge in [0, 0.05) is 13.1 Å². The molecule has 1 fully saturated rings. The Morgan fingerprint density at radius 3 is 2.53 bits per heavy atom. The molecule has 2 amide bonds. The molecule has 0 heterocycles. The van der Waals surface area contributed by atoms with Gasteiger partial charge in [-0.05, 0) is 25.7 Å². The highest BCUT2D eigenvalue weighted by Crippen LogP contribution is 2.26. The average Bonchev–Trinajstić information content (AvgIpc) is 2.42. The maximum absolute atomic E-state index is 12.0. The first-order chi connectivity index (χ1) is 9.10. The number of urea groups is 1. The summed E-state index contributed by atoms with van der Waals surface area (Å²) in [6, 6.07) is -1.09. The molecule has 2 N–H and O–H groups in total. The van der Waals surface area contributed by atoms with E-state index < -0.39 is 12.0 Å². The minimum absolute atomic E-state index is 0.0534. The number of carbonyl (C=O) groups excluding carboxylic acids is 1. The van der Waals surface area contributed by atoms with Crippen LogP contribution in [-0.4, -0.2) is 41.1 Å². The van der Waals surface area contributed by atoms with Crippen molar-refractivity contribution in [3.63, 3.8) is 0 Å². The molecule has 1 aliphatic rings. The van der Waals surface area contributed by atoms with Crippen molar-refractivity contribution in [1.29, 1.82) is 0 Å². The van der Waals surface area contributed by atoms with Crippen LogP contribution < -0.4 is 5.32 Å². The van der Waals surface area contributed by atoms with Crippen molar-refractivity contribution in [2.24, 2.45) is 5.92 Å². The summed E-state index contributed by atoms with van der Waals surface area (Å²) in [6.07, 6.45) is 6.66. The standard InChI is InChI=1S/C14H24N2O3/c1-3-10-16(4-2)14(19)15-12(13(17)18)11-8-6-5-7-9-11/h3,11-12H,1,4-10H2,2H3,(H,15,19)(H,17,18). The Balaban J connectivity index is 2.64. The van der Waals surface area contributed by atoms with Gasteiger partial charge in [0.1, 0.15) is 6.04 Å². The summed E-state index contributed by atoms with van der Waals surface area (Å²) in [6.45, 7) is 6.42. The maximum atomic E-state index is 12.0. The Bertz CT molecular complexity index is 325. The maximum Gasteiger partial charge on any atom is 0.326 e. The molecule has 0 aromatic heterocycles. The van der Waals surface area contributed by atoms with Gasteiger partial charge in [-0.15, -0.1) is 6.58 Å². The number of hydrogen-bond acceptors (Lipinski definition) is 2. The largest absolute Gasteiger partial charge is 0.480 e. The van der Waals surface area contributed by atoms with Crippen molar-refractivity contribution in [3.05, 3.63) is 12.7 Å². The highest BCUT2D eigenvalue weighted by atomic mass is 16.4. The highest BCUT2D eigenvalue weighted by molar-refractivity contribution is 5.82. The van der Waals surface area contributed by atoms with E-state index in [1.54, 1.807) is 11.0 Å². The molecule has 0 aromatic rings. The molecule has 0 saturated heterocycles. The second kappa shape index (κ2) is 7.81. The fraction of sp³-hybridized carbons (Fsp3) is 0.714. The number of likely N-dealkylation sites (N-methyl/N-ethyl adjacent to an activating group) is 1. The lowest BCUT2D eigenvalue weighted by atomic mass is 9.84. The highest BCUT2D eigenvalue weighted by Gasteiger charge is 2.31. The third kappa shape index (κ3) is 4.58. The molecule has 5 nitrogen and oxygen atoms in total. The summed E-state index contributed by atoms with van der Waals surface area (Å²) < 4.78 is 0. The lowest BCUT2D eigenvalue weighted by Gasteiger charge is -2.30. The number of aliphatic carboxylic acids is 1. The fourth-order valence-electron chi connectivity index (χ4n) is 2.58. The lowest BCUT2D eigenvalue weighted by molar-refractivity contribution is -0.141. The van der Waals surface area contributed by atoms with Crippen LogP contribution in [0.25, 0.3) is 0 Å². The SMILES string of the molecule is C=CCN(CC)C(=O)NC(C(=O)O)C1CCCCC1. The second-order valence-electron chi connectivity index (χ2n) is 4.99. The number of nitrogens with one attached hydrogen (secondary N) is 1. The molecule has 1 saturated carbocycles. The van der Waals surface area contributed by atoms with E-state index in [4.69, 9.17) is 0 Å². The van der Waals surface area contributed by atoms with Crippen molar-refractivity contribution in [2.75, 3.05) is 13.1 Å². The molecular weight excluding hydrogens is 244 g/mol. The van der Waals surface area contributed by atoms with Crippen LogP contribution in [0, 0.1) is 5.92 Å². The van der Waals surface area contributed by atoms with E-state index in [0.29, 0.717) is 13.1 Å². The van der Waals surface area contributed by atoms with Crippen molar-refractivity contribution in [2.45, 2.75) is 45.1 Å². The van der Waals surface area contributed by atoms with E-state index in [0.717, 1.165) is 32.1 Å². The average molecular weight is 268 g/mol. The normalized spacial score (nSPS) is 17.5. The molecule has 19 heavy (non-hydrogen) atoms. The summed E-state index contributed by atoms with van der Waals surface area (Å²) in [5, 5.41) is 12.0. The quantitative estimate of drug-likeness (QED) is 0.726. The van der Waals surface area contributed by atoms with Crippen LogP contribution in [-0.2, 0) is 4.79 Å². The summed E-state index contributed by atoms with van der Waals surface area (Å²) in [4.78, 5) is 24.9. The number of nitrogens with zero attached hydrogens (tertiary/aromatic N) is 1. The summed E-state index contributed by atoms with van der Waals surface area (Å²) in [5.41, 5.74) is 0. The number of carbonyl (C=O) groups is 2. The third-order valence-electron chi connectivity index (χ3n) is 3.68. The third-order valence-corrected chi connectivity index (χ3v) is 3.68. The van der Waals surface area contributed by atoms with Gasteiger partial charge in [0.2, 0.25) is 0 Å².